The van der Waals surface area contributed by atoms with Crippen molar-refractivity contribution in [2.75, 3.05) is 5.32 Å². The molecular weight excluding hydrogens is 294 g/mol. The number of amides is 2. The number of aromatic nitrogens is 3. The summed E-state index contributed by atoms with van der Waals surface area (Å²) >= 11 is 0. The highest BCUT2D eigenvalue weighted by Gasteiger charge is 2.16. The molecular formula is C16H21N5O2. The van der Waals surface area contributed by atoms with Crippen LogP contribution in [0.2, 0.25) is 0 Å². The van der Waals surface area contributed by atoms with Crippen LogP contribution in [0.5, 0.6) is 0 Å². The lowest BCUT2D eigenvalue weighted by Crippen LogP contribution is -2.36. The molecule has 23 heavy (non-hydrogen) atoms. The van der Waals surface area contributed by atoms with Crippen molar-refractivity contribution in [2.45, 2.75) is 51.0 Å². The Balaban J connectivity index is 1.46. The lowest BCUT2D eigenvalue weighted by Gasteiger charge is -2.22. The minimum Gasteiger partial charge on any atom is -0.353 e. The first-order valence-corrected chi connectivity index (χ1v) is 8.11. The topological polar surface area (TPSA) is 88.4 Å². The molecule has 0 spiro atoms. The molecule has 122 valence electrons. The minimum atomic E-state index is -0.234. The standard InChI is InChI=1S/C16H21N5O2/c22-14(17-12-6-2-1-3-7-12)9-10-15(23)18-16-20-19-13-8-4-5-11-21(13)16/h4-5,8,11-12H,1-3,6-7,9-10H2,(H,17,22)(H,18,20,23). The Kier molecular flexibility index (Phi) is 4.85. The van der Waals surface area contributed by atoms with Crippen LogP contribution < -0.4 is 10.6 Å². The van der Waals surface area contributed by atoms with Gasteiger partial charge in [-0.3, -0.25) is 19.3 Å². The quantitative estimate of drug-likeness (QED) is 0.882. The lowest BCUT2D eigenvalue weighted by atomic mass is 9.95. The van der Waals surface area contributed by atoms with Crippen molar-refractivity contribution in [3.05, 3.63) is 24.4 Å². The van der Waals surface area contributed by atoms with Crippen molar-refractivity contribution in [2.24, 2.45) is 0 Å². The van der Waals surface area contributed by atoms with Crippen molar-refractivity contribution < 1.29 is 9.59 Å². The van der Waals surface area contributed by atoms with Gasteiger partial charge in [-0.25, -0.2) is 0 Å². The van der Waals surface area contributed by atoms with Crippen LogP contribution in [-0.4, -0.2) is 32.5 Å². The van der Waals surface area contributed by atoms with Crippen LogP contribution in [-0.2, 0) is 9.59 Å². The van der Waals surface area contributed by atoms with E-state index in [1.54, 1.807) is 16.7 Å². The molecule has 2 N–H and O–H groups in total. The largest absolute Gasteiger partial charge is 0.353 e. The zero-order chi connectivity index (χ0) is 16.1. The second-order valence-corrected chi connectivity index (χ2v) is 5.90. The molecule has 0 radical (unpaired) electrons. The lowest BCUT2D eigenvalue weighted by molar-refractivity contribution is -0.125. The van der Waals surface area contributed by atoms with E-state index in [4.69, 9.17) is 0 Å². The van der Waals surface area contributed by atoms with Gasteiger partial charge in [0.2, 0.25) is 17.8 Å². The molecule has 1 fully saturated rings. The van der Waals surface area contributed by atoms with Crippen molar-refractivity contribution in [1.29, 1.82) is 0 Å². The van der Waals surface area contributed by atoms with Gasteiger partial charge in [-0.2, -0.15) is 0 Å². The van der Waals surface area contributed by atoms with Crippen molar-refractivity contribution >= 4 is 23.4 Å². The van der Waals surface area contributed by atoms with Crippen LogP contribution in [0.1, 0.15) is 44.9 Å². The average Bonchev–Trinajstić information content (AvgIpc) is 2.97. The molecule has 0 unspecified atom stereocenters. The highest BCUT2D eigenvalue weighted by molar-refractivity contribution is 5.92. The van der Waals surface area contributed by atoms with Crippen LogP contribution in [0, 0.1) is 0 Å². The molecule has 7 heteroatoms. The fraction of sp³-hybridized carbons (Fsp3) is 0.500. The van der Waals surface area contributed by atoms with Gasteiger partial charge in [-0.05, 0) is 25.0 Å². The summed E-state index contributed by atoms with van der Waals surface area (Å²) in [4.78, 5) is 23.9. The summed E-state index contributed by atoms with van der Waals surface area (Å²) < 4.78 is 1.69. The summed E-state index contributed by atoms with van der Waals surface area (Å²) in [5.74, 6) is 0.0818. The molecule has 2 amide bonds. The highest BCUT2D eigenvalue weighted by Crippen LogP contribution is 2.17. The summed E-state index contributed by atoms with van der Waals surface area (Å²) in [7, 11) is 0. The zero-order valence-electron chi connectivity index (χ0n) is 13.0. The van der Waals surface area contributed by atoms with E-state index < -0.39 is 0 Å². The van der Waals surface area contributed by atoms with Crippen LogP contribution in [0.15, 0.2) is 24.4 Å². The maximum Gasteiger partial charge on any atom is 0.235 e. The Hall–Kier alpha value is -2.44. The van der Waals surface area contributed by atoms with Gasteiger partial charge < -0.3 is 5.32 Å². The monoisotopic (exact) mass is 315 g/mol. The molecule has 7 nitrogen and oxygen atoms in total. The summed E-state index contributed by atoms with van der Waals surface area (Å²) in [6.07, 6.45) is 7.80. The predicted molar refractivity (Wildman–Crippen MR) is 85.9 cm³/mol. The van der Waals surface area contributed by atoms with Gasteiger partial charge in [0.05, 0.1) is 0 Å². The molecule has 0 bridgehead atoms. The maximum absolute atomic E-state index is 12.0. The summed E-state index contributed by atoms with van der Waals surface area (Å²) in [6.45, 7) is 0. The van der Waals surface area contributed by atoms with Gasteiger partial charge in [0.25, 0.3) is 0 Å². The number of rotatable bonds is 5. The third kappa shape index (κ3) is 4.06. The number of carbonyl (C=O) groups is 2. The number of nitrogens with zero attached hydrogens (tertiary/aromatic N) is 3. The Morgan fingerprint density at radius 1 is 1.09 bits per heavy atom. The average molecular weight is 315 g/mol. The van der Waals surface area contributed by atoms with Crippen LogP contribution >= 0.6 is 0 Å². The van der Waals surface area contributed by atoms with E-state index in [-0.39, 0.29) is 30.7 Å². The molecule has 0 aliphatic heterocycles. The summed E-state index contributed by atoms with van der Waals surface area (Å²) in [6, 6.07) is 5.77. The SMILES string of the molecule is O=C(CCC(=O)NC1CCCCC1)Nc1nnc2ccccn12. The van der Waals surface area contributed by atoms with Crippen molar-refractivity contribution in [3.63, 3.8) is 0 Å². The number of pyridine rings is 1. The van der Waals surface area contributed by atoms with Gasteiger partial charge in [-0.15, -0.1) is 10.2 Å². The van der Waals surface area contributed by atoms with E-state index in [1.165, 1.54) is 19.3 Å². The number of hydrogen-bond acceptors (Lipinski definition) is 4. The van der Waals surface area contributed by atoms with Crippen LogP contribution in [0.25, 0.3) is 5.65 Å². The first kappa shape index (κ1) is 15.5. The number of nitrogens with one attached hydrogen (secondary N) is 2. The second kappa shape index (κ2) is 7.21. The van der Waals surface area contributed by atoms with E-state index in [0.29, 0.717) is 11.6 Å². The smallest absolute Gasteiger partial charge is 0.235 e. The first-order chi connectivity index (χ1) is 11.2. The fourth-order valence-corrected chi connectivity index (χ4v) is 2.89. The molecule has 1 aliphatic carbocycles. The molecule has 1 saturated carbocycles. The summed E-state index contributed by atoms with van der Waals surface area (Å²) in [5, 5.41) is 13.6. The molecule has 2 heterocycles. The molecule has 3 rings (SSSR count). The zero-order valence-corrected chi connectivity index (χ0v) is 13.0. The molecule has 2 aromatic rings. The van der Waals surface area contributed by atoms with Crippen molar-refractivity contribution in [1.82, 2.24) is 19.9 Å². The Morgan fingerprint density at radius 2 is 1.87 bits per heavy atom. The van der Waals surface area contributed by atoms with E-state index >= 15 is 0 Å². The normalized spacial score (nSPS) is 15.5. The predicted octanol–water partition coefficient (Wildman–Crippen LogP) is 1.90. The van der Waals surface area contributed by atoms with E-state index in [9.17, 15) is 9.59 Å². The molecule has 0 atom stereocenters. The number of carbonyl (C=O) groups excluding carboxylic acids is 2. The highest BCUT2D eigenvalue weighted by atomic mass is 16.2. The third-order valence-electron chi connectivity index (χ3n) is 4.11. The van der Waals surface area contributed by atoms with Crippen molar-refractivity contribution in [3.8, 4) is 0 Å². The molecule has 2 aromatic heterocycles. The van der Waals surface area contributed by atoms with Gasteiger partial charge in [-0.1, -0.05) is 25.3 Å². The number of fused-ring (bicyclic) bond motifs is 1. The Morgan fingerprint density at radius 3 is 2.70 bits per heavy atom. The van der Waals surface area contributed by atoms with Gasteiger partial charge in [0, 0.05) is 25.1 Å². The third-order valence-corrected chi connectivity index (χ3v) is 4.11. The number of hydrogen-bond donors (Lipinski definition) is 2. The molecule has 0 aromatic carbocycles. The summed E-state index contributed by atoms with van der Waals surface area (Å²) in [5.41, 5.74) is 0.665. The Bertz CT molecular complexity index is 691. The number of anilines is 1. The van der Waals surface area contributed by atoms with E-state index in [0.717, 1.165) is 12.8 Å². The van der Waals surface area contributed by atoms with Gasteiger partial charge in [0.1, 0.15) is 0 Å². The van der Waals surface area contributed by atoms with E-state index in [2.05, 4.69) is 20.8 Å². The first-order valence-electron chi connectivity index (χ1n) is 8.11. The van der Waals surface area contributed by atoms with Crippen LogP contribution in [0.3, 0.4) is 0 Å². The maximum atomic E-state index is 12.0. The fourth-order valence-electron chi connectivity index (χ4n) is 2.89. The van der Waals surface area contributed by atoms with Crippen LogP contribution in [0.4, 0.5) is 5.95 Å². The molecule has 0 saturated heterocycles. The Labute approximate surface area is 134 Å². The van der Waals surface area contributed by atoms with Gasteiger partial charge in [0.15, 0.2) is 5.65 Å². The van der Waals surface area contributed by atoms with Gasteiger partial charge >= 0.3 is 0 Å². The minimum absolute atomic E-state index is 0.0573. The van der Waals surface area contributed by atoms with E-state index in [1.807, 2.05) is 12.1 Å². The molecule has 1 aliphatic rings. The second-order valence-electron chi connectivity index (χ2n) is 5.90.